The number of nitrogens with zero attached hydrogens (tertiary/aromatic N) is 1. The molecule has 0 fully saturated rings. The van der Waals surface area contributed by atoms with E-state index in [4.69, 9.17) is 0 Å². The van der Waals surface area contributed by atoms with Crippen LogP contribution in [0.25, 0.3) is 5.57 Å². The van der Waals surface area contributed by atoms with Crippen molar-refractivity contribution in [3.8, 4) is 0 Å². The van der Waals surface area contributed by atoms with Crippen molar-refractivity contribution >= 4 is 17.1 Å². The zero-order chi connectivity index (χ0) is 16.7. The normalized spacial score (nSPS) is 11.1. The number of hydrogen-bond acceptors (Lipinski definition) is 3. The predicted octanol–water partition coefficient (Wildman–Crippen LogP) is 3.82. The molecule has 0 saturated heterocycles. The van der Waals surface area contributed by atoms with E-state index < -0.39 is 11.6 Å². The monoisotopic (exact) mass is 307 g/mol. The van der Waals surface area contributed by atoms with Crippen molar-refractivity contribution in [3.63, 3.8) is 0 Å². The van der Waals surface area contributed by atoms with Crippen LogP contribution in [0.2, 0.25) is 0 Å². The molecular weight excluding hydrogens is 286 g/mol. The number of carbonyl (C=O) groups excluding carboxylic acids is 2. The lowest BCUT2D eigenvalue weighted by Gasteiger charge is -2.18. The summed E-state index contributed by atoms with van der Waals surface area (Å²) in [5.74, 6) is -0.956. The molecule has 0 aliphatic rings. The van der Waals surface area contributed by atoms with Crippen LogP contribution in [0.1, 0.15) is 29.8 Å². The van der Waals surface area contributed by atoms with Gasteiger partial charge in [0.1, 0.15) is 0 Å². The van der Waals surface area contributed by atoms with Crippen molar-refractivity contribution < 1.29 is 9.59 Å². The molecule has 0 N–H and O–H groups in total. The highest BCUT2D eigenvalue weighted by Crippen LogP contribution is 2.19. The summed E-state index contributed by atoms with van der Waals surface area (Å²) >= 11 is 0. The summed E-state index contributed by atoms with van der Waals surface area (Å²) in [6.45, 7) is 5.59. The summed E-state index contributed by atoms with van der Waals surface area (Å²) in [6, 6.07) is 18.0. The molecule has 0 saturated carbocycles. The lowest BCUT2D eigenvalue weighted by Crippen LogP contribution is -2.21. The highest BCUT2D eigenvalue weighted by Gasteiger charge is 2.22. The summed E-state index contributed by atoms with van der Waals surface area (Å²) < 4.78 is 0. The van der Waals surface area contributed by atoms with Crippen LogP contribution in [0.4, 0.5) is 0 Å². The predicted molar refractivity (Wildman–Crippen MR) is 93.1 cm³/mol. The Morgan fingerprint density at radius 2 is 1.30 bits per heavy atom. The Kier molecular flexibility index (Phi) is 5.87. The first kappa shape index (κ1) is 16.7. The van der Waals surface area contributed by atoms with Gasteiger partial charge >= 0.3 is 0 Å². The molecule has 2 rings (SSSR count). The van der Waals surface area contributed by atoms with Gasteiger partial charge in [-0.2, -0.15) is 0 Å². The van der Waals surface area contributed by atoms with Gasteiger partial charge in [-0.25, -0.2) is 0 Å². The first-order chi connectivity index (χ1) is 11.2. The van der Waals surface area contributed by atoms with Gasteiger partial charge in [0.2, 0.25) is 11.6 Å². The van der Waals surface area contributed by atoms with E-state index in [-0.39, 0.29) is 0 Å². The second-order valence-corrected chi connectivity index (χ2v) is 5.15. The molecule has 23 heavy (non-hydrogen) atoms. The summed E-state index contributed by atoms with van der Waals surface area (Å²) in [7, 11) is 0. The van der Waals surface area contributed by atoms with Crippen molar-refractivity contribution in [2.45, 2.75) is 13.8 Å². The maximum absolute atomic E-state index is 12.8. The minimum Gasteiger partial charge on any atom is -0.377 e. The third-order valence-corrected chi connectivity index (χ3v) is 3.70. The molecule has 3 nitrogen and oxygen atoms in total. The second kappa shape index (κ2) is 8.08. The first-order valence-electron chi connectivity index (χ1n) is 7.82. The Hall–Kier alpha value is -2.68. The first-order valence-corrected chi connectivity index (χ1v) is 7.82. The van der Waals surface area contributed by atoms with Crippen LogP contribution >= 0.6 is 0 Å². The second-order valence-electron chi connectivity index (χ2n) is 5.15. The van der Waals surface area contributed by atoms with Crippen LogP contribution < -0.4 is 0 Å². The third-order valence-electron chi connectivity index (χ3n) is 3.70. The number of allylic oxidation sites excluding steroid dienone is 1. The molecule has 2 aromatic carbocycles. The van der Waals surface area contributed by atoms with Gasteiger partial charge in [-0.1, -0.05) is 60.7 Å². The van der Waals surface area contributed by atoms with E-state index in [2.05, 4.69) is 0 Å². The smallest absolute Gasteiger partial charge is 0.235 e. The number of hydrogen-bond donors (Lipinski definition) is 0. The zero-order valence-corrected chi connectivity index (χ0v) is 13.5. The summed E-state index contributed by atoms with van der Waals surface area (Å²) in [5, 5.41) is 0. The third kappa shape index (κ3) is 4.16. The molecule has 0 unspecified atom stereocenters. The molecule has 0 aromatic heterocycles. The molecular formula is C20H21NO2. The zero-order valence-electron chi connectivity index (χ0n) is 13.5. The number of benzene rings is 2. The Morgan fingerprint density at radius 3 is 1.78 bits per heavy atom. The largest absolute Gasteiger partial charge is 0.377 e. The van der Waals surface area contributed by atoms with E-state index >= 15 is 0 Å². The fraction of sp³-hybridized carbons (Fsp3) is 0.200. The molecule has 2 aromatic rings. The van der Waals surface area contributed by atoms with Crippen LogP contribution in [0.3, 0.4) is 0 Å². The van der Waals surface area contributed by atoms with E-state index in [9.17, 15) is 9.59 Å². The molecule has 0 atom stereocenters. The van der Waals surface area contributed by atoms with Crippen LogP contribution in [-0.2, 0) is 4.79 Å². The van der Waals surface area contributed by atoms with Crippen LogP contribution in [0.5, 0.6) is 0 Å². The Labute approximate surface area is 137 Å². The minimum atomic E-state index is -0.479. The summed E-state index contributed by atoms with van der Waals surface area (Å²) in [5.41, 5.74) is 1.61. The average molecular weight is 307 g/mol. The molecule has 0 bridgehead atoms. The molecule has 0 aliphatic heterocycles. The van der Waals surface area contributed by atoms with E-state index in [1.165, 1.54) is 0 Å². The highest BCUT2D eigenvalue weighted by atomic mass is 16.2. The number of carbonyl (C=O) groups is 2. The van der Waals surface area contributed by atoms with Gasteiger partial charge < -0.3 is 4.90 Å². The molecule has 0 aliphatic carbocycles. The molecule has 0 amide bonds. The van der Waals surface area contributed by atoms with Crippen LogP contribution in [-0.4, -0.2) is 29.6 Å². The SMILES string of the molecule is CCN(C=C(C(=O)C(=O)c1ccccc1)c1ccccc1)CC. The van der Waals surface area contributed by atoms with Gasteiger partial charge in [-0.3, -0.25) is 9.59 Å². The van der Waals surface area contributed by atoms with E-state index in [0.29, 0.717) is 11.1 Å². The highest BCUT2D eigenvalue weighted by molar-refractivity contribution is 6.58. The molecule has 0 spiro atoms. The van der Waals surface area contributed by atoms with E-state index in [1.54, 1.807) is 30.5 Å². The van der Waals surface area contributed by atoms with Gasteiger partial charge in [0, 0.05) is 30.4 Å². The average Bonchev–Trinajstić information content (AvgIpc) is 2.63. The topological polar surface area (TPSA) is 37.4 Å². The van der Waals surface area contributed by atoms with Crippen molar-refractivity contribution in [1.82, 2.24) is 4.90 Å². The molecule has 0 radical (unpaired) electrons. The molecule has 118 valence electrons. The fourth-order valence-corrected chi connectivity index (χ4v) is 2.31. The minimum absolute atomic E-state index is 0.416. The van der Waals surface area contributed by atoms with Crippen molar-refractivity contribution in [2.75, 3.05) is 13.1 Å². The van der Waals surface area contributed by atoms with Gasteiger partial charge in [0.25, 0.3) is 0 Å². The Balaban J connectivity index is 2.41. The van der Waals surface area contributed by atoms with E-state index in [0.717, 1.165) is 18.7 Å². The van der Waals surface area contributed by atoms with Crippen LogP contribution in [0.15, 0.2) is 66.9 Å². The molecule has 3 heteroatoms. The fourth-order valence-electron chi connectivity index (χ4n) is 2.31. The van der Waals surface area contributed by atoms with Gasteiger partial charge in [-0.15, -0.1) is 0 Å². The van der Waals surface area contributed by atoms with Gasteiger partial charge in [0.15, 0.2) is 0 Å². The maximum Gasteiger partial charge on any atom is 0.235 e. The van der Waals surface area contributed by atoms with Gasteiger partial charge in [-0.05, 0) is 19.4 Å². The Morgan fingerprint density at radius 1 is 0.826 bits per heavy atom. The number of rotatable bonds is 7. The Bertz CT molecular complexity index is 686. The van der Waals surface area contributed by atoms with Crippen molar-refractivity contribution in [3.05, 3.63) is 78.0 Å². The summed E-state index contributed by atoms with van der Waals surface area (Å²) in [4.78, 5) is 27.3. The number of Topliss-reactive ketones (excluding diaryl/α,β-unsaturated/α-hetero) is 2. The van der Waals surface area contributed by atoms with Crippen molar-refractivity contribution in [1.29, 1.82) is 0 Å². The van der Waals surface area contributed by atoms with Crippen LogP contribution in [0, 0.1) is 0 Å². The quantitative estimate of drug-likeness (QED) is 0.443. The van der Waals surface area contributed by atoms with E-state index in [1.807, 2.05) is 55.1 Å². The lowest BCUT2D eigenvalue weighted by molar-refractivity contribution is -0.110. The lowest BCUT2D eigenvalue weighted by atomic mass is 9.96. The molecule has 0 heterocycles. The number of ketones is 2. The van der Waals surface area contributed by atoms with Crippen molar-refractivity contribution in [2.24, 2.45) is 0 Å². The summed E-state index contributed by atoms with van der Waals surface area (Å²) in [6.07, 6.45) is 1.79. The maximum atomic E-state index is 12.8. The standard InChI is InChI=1S/C20H21NO2/c1-3-21(4-2)15-18(16-11-7-5-8-12-16)20(23)19(22)17-13-9-6-10-14-17/h5-15H,3-4H2,1-2H3. The van der Waals surface area contributed by atoms with Gasteiger partial charge in [0.05, 0.1) is 0 Å².